The molecule has 5 aliphatic heterocycles. The van der Waals surface area contributed by atoms with Gasteiger partial charge in [-0.05, 0) is 91.9 Å². The van der Waals surface area contributed by atoms with Crippen LogP contribution in [-0.4, -0.2) is 69.5 Å². The molecule has 4 aromatic rings. The number of benzene rings is 2. The summed E-state index contributed by atoms with van der Waals surface area (Å²) < 4.78 is 53.3. The van der Waals surface area contributed by atoms with Gasteiger partial charge < -0.3 is 14.7 Å². The molecule has 0 saturated carbocycles. The first-order valence-corrected chi connectivity index (χ1v) is 17.5. The average molecular weight is 646 g/mol. The quantitative estimate of drug-likeness (QED) is 0.243. The molecule has 9 rings (SSSR count). The standard InChI is InChI=1S/C37H42F3N5O2/c38-25-18-37(13-7-15-45(37)21-25)22-47-36-42-34-29-19-41-33(32(34)40)28-17-26(46)16-24-11-12-30(39)27(31(24)28)10-5-3-1-2-4-8-23-9-6-14-44(20-23)35(29)43-36/h11-12,16-17,19,23,25,46H,1-10,13-15,18,20-22H2/t23?,25-,37+/m1/s1. The monoisotopic (exact) mass is 645 g/mol. The predicted octanol–water partition coefficient (Wildman–Crippen LogP) is 7.90. The molecular formula is C37H42F3N5O2. The minimum atomic E-state index is -0.893. The number of phenolic OH excluding ortho intramolecular Hbond substituents is 1. The number of piperidine rings is 1. The second-order valence-electron chi connectivity index (χ2n) is 14.3. The molecule has 0 amide bonds. The van der Waals surface area contributed by atoms with Gasteiger partial charge in [0.25, 0.3) is 0 Å². The molecule has 3 saturated heterocycles. The topological polar surface area (TPSA) is 74.6 Å². The van der Waals surface area contributed by atoms with E-state index in [4.69, 9.17) is 9.72 Å². The Morgan fingerprint density at radius 3 is 2.72 bits per heavy atom. The average Bonchev–Trinajstić information content (AvgIpc) is 3.59. The van der Waals surface area contributed by atoms with Crippen molar-refractivity contribution < 1.29 is 23.0 Å². The molecule has 2 aromatic heterocycles. The van der Waals surface area contributed by atoms with Gasteiger partial charge in [-0.25, -0.2) is 13.2 Å². The van der Waals surface area contributed by atoms with Crippen LogP contribution in [0.3, 0.4) is 0 Å². The number of hydrogen-bond acceptors (Lipinski definition) is 7. The molecule has 2 aromatic carbocycles. The molecular weight excluding hydrogens is 603 g/mol. The summed E-state index contributed by atoms with van der Waals surface area (Å²) in [5.74, 6) is 0.0311. The lowest BCUT2D eigenvalue weighted by molar-refractivity contribution is 0.107. The van der Waals surface area contributed by atoms with Gasteiger partial charge >= 0.3 is 6.01 Å². The molecule has 5 aliphatic rings. The van der Waals surface area contributed by atoms with Crippen molar-refractivity contribution in [3.05, 3.63) is 47.7 Å². The van der Waals surface area contributed by atoms with Gasteiger partial charge in [0.15, 0.2) is 5.82 Å². The summed E-state index contributed by atoms with van der Waals surface area (Å²) in [6, 6.07) is 6.17. The predicted molar refractivity (Wildman–Crippen MR) is 177 cm³/mol. The number of anilines is 1. The van der Waals surface area contributed by atoms with E-state index >= 15 is 8.78 Å². The lowest BCUT2D eigenvalue weighted by Gasteiger charge is -2.34. The maximum Gasteiger partial charge on any atom is 0.319 e. The Hall–Kier alpha value is -3.66. The van der Waals surface area contributed by atoms with Gasteiger partial charge in [0.1, 0.15) is 41.4 Å². The number of phenols is 1. The number of alkyl halides is 1. The van der Waals surface area contributed by atoms with E-state index in [1.165, 1.54) is 12.1 Å². The fourth-order valence-electron chi connectivity index (χ4n) is 8.85. The molecule has 1 unspecified atom stereocenters. The van der Waals surface area contributed by atoms with Crippen molar-refractivity contribution in [1.82, 2.24) is 19.9 Å². The van der Waals surface area contributed by atoms with Crippen molar-refractivity contribution in [3.8, 4) is 23.0 Å². The van der Waals surface area contributed by atoms with Crippen LogP contribution in [0.15, 0.2) is 30.5 Å². The number of rotatable bonds is 3. The van der Waals surface area contributed by atoms with Gasteiger partial charge in [0.2, 0.25) is 0 Å². The van der Waals surface area contributed by atoms with Crippen molar-refractivity contribution in [2.24, 2.45) is 5.92 Å². The molecule has 3 fully saturated rings. The molecule has 7 nitrogen and oxygen atoms in total. The third kappa shape index (κ3) is 5.66. The fourth-order valence-corrected chi connectivity index (χ4v) is 8.85. The number of nitrogens with zero attached hydrogens (tertiary/aromatic N) is 5. The highest BCUT2D eigenvalue weighted by molar-refractivity contribution is 6.01. The molecule has 3 atom stereocenters. The summed E-state index contributed by atoms with van der Waals surface area (Å²) in [6.45, 7) is 3.09. The smallest absolute Gasteiger partial charge is 0.319 e. The number of aromatic nitrogens is 3. The number of ether oxygens (including phenoxy) is 1. The second kappa shape index (κ2) is 12.4. The summed E-state index contributed by atoms with van der Waals surface area (Å²) in [5, 5.41) is 12.4. The lowest BCUT2D eigenvalue weighted by atomic mass is 9.91. The summed E-state index contributed by atoms with van der Waals surface area (Å²) in [7, 11) is 0. The number of hydrogen-bond donors (Lipinski definition) is 1. The van der Waals surface area contributed by atoms with Crippen LogP contribution in [0.5, 0.6) is 11.8 Å². The van der Waals surface area contributed by atoms with Gasteiger partial charge in [-0.3, -0.25) is 9.88 Å². The summed E-state index contributed by atoms with van der Waals surface area (Å²) in [5.41, 5.74) is 0.507. The maximum atomic E-state index is 17.0. The molecule has 6 bridgehead atoms. The van der Waals surface area contributed by atoms with Crippen LogP contribution < -0.4 is 9.64 Å². The zero-order valence-corrected chi connectivity index (χ0v) is 26.8. The number of aryl methyl sites for hydroxylation is 1. The number of aromatic hydroxyl groups is 1. The van der Waals surface area contributed by atoms with E-state index in [1.54, 1.807) is 18.3 Å². The number of halogens is 3. The van der Waals surface area contributed by atoms with Gasteiger partial charge in [-0.2, -0.15) is 9.97 Å². The molecule has 0 spiro atoms. The maximum absolute atomic E-state index is 17.0. The second-order valence-corrected chi connectivity index (χ2v) is 14.3. The summed E-state index contributed by atoms with van der Waals surface area (Å²) >= 11 is 0. The largest absolute Gasteiger partial charge is 0.508 e. The van der Waals surface area contributed by atoms with Crippen LogP contribution in [0.2, 0.25) is 0 Å². The van der Waals surface area contributed by atoms with Gasteiger partial charge in [-0.15, -0.1) is 0 Å². The highest BCUT2D eigenvalue weighted by atomic mass is 19.1. The molecule has 10 heteroatoms. The van der Waals surface area contributed by atoms with E-state index in [1.807, 2.05) is 0 Å². The van der Waals surface area contributed by atoms with Crippen LogP contribution in [0, 0.1) is 17.6 Å². The zero-order chi connectivity index (χ0) is 32.1. The summed E-state index contributed by atoms with van der Waals surface area (Å²) in [6.07, 6.45) is 11.9. The third-order valence-corrected chi connectivity index (χ3v) is 11.1. The van der Waals surface area contributed by atoms with E-state index in [0.717, 1.165) is 83.8 Å². The highest BCUT2D eigenvalue weighted by Gasteiger charge is 2.49. The van der Waals surface area contributed by atoms with E-state index in [9.17, 15) is 9.50 Å². The van der Waals surface area contributed by atoms with Crippen molar-refractivity contribution in [2.45, 2.75) is 88.8 Å². The van der Waals surface area contributed by atoms with Crippen molar-refractivity contribution in [2.75, 3.05) is 37.7 Å². The summed E-state index contributed by atoms with van der Waals surface area (Å²) in [4.78, 5) is 18.6. The van der Waals surface area contributed by atoms with Gasteiger partial charge in [0.05, 0.1) is 10.9 Å². The Kier molecular flexibility index (Phi) is 8.10. The minimum Gasteiger partial charge on any atom is -0.508 e. The van der Waals surface area contributed by atoms with Crippen molar-refractivity contribution in [1.29, 1.82) is 0 Å². The molecule has 1 N–H and O–H groups in total. The Balaban J connectivity index is 1.29. The minimum absolute atomic E-state index is 0.00453. The molecule has 0 radical (unpaired) electrons. The number of pyridine rings is 1. The van der Waals surface area contributed by atoms with E-state index < -0.39 is 17.5 Å². The van der Waals surface area contributed by atoms with Crippen LogP contribution in [0.4, 0.5) is 19.0 Å². The molecule has 0 aliphatic carbocycles. The van der Waals surface area contributed by atoms with Crippen molar-refractivity contribution >= 4 is 27.5 Å². The van der Waals surface area contributed by atoms with E-state index in [0.29, 0.717) is 58.4 Å². The van der Waals surface area contributed by atoms with Crippen molar-refractivity contribution in [3.63, 3.8) is 0 Å². The molecule has 248 valence electrons. The first-order valence-electron chi connectivity index (χ1n) is 17.5. The zero-order valence-electron chi connectivity index (χ0n) is 26.8. The molecule has 7 heterocycles. The van der Waals surface area contributed by atoms with Crippen LogP contribution in [0.25, 0.3) is 32.9 Å². The van der Waals surface area contributed by atoms with E-state index in [-0.39, 0.29) is 35.4 Å². The van der Waals surface area contributed by atoms with Crippen LogP contribution in [0.1, 0.15) is 76.2 Å². The van der Waals surface area contributed by atoms with Crippen LogP contribution in [-0.2, 0) is 6.42 Å². The first-order chi connectivity index (χ1) is 22.9. The Morgan fingerprint density at radius 2 is 1.81 bits per heavy atom. The number of fused-ring (bicyclic) bond motifs is 8. The normalized spacial score (nSPS) is 25.4. The first kappa shape index (κ1) is 30.7. The van der Waals surface area contributed by atoms with Crippen LogP contribution >= 0.6 is 0 Å². The fraction of sp³-hybridized carbons (Fsp3) is 0.541. The van der Waals surface area contributed by atoms with E-state index in [2.05, 4.69) is 19.8 Å². The lowest BCUT2D eigenvalue weighted by Crippen LogP contribution is -2.43. The Labute approximate surface area is 273 Å². The third-order valence-electron chi connectivity index (χ3n) is 11.1. The molecule has 47 heavy (non-hydrogen) atoms. The Morgan fingerprint density at radius 1 is 0.957 bits per heavy atom. The highest BCUT2D eigenvalue weighted by Crippen LogP contribution is 2.42. The SMILES string of the molecule is Oc1cc2c3c(c(F)ccc3c1)CCCCCCCC1CCCN(C1)c1nc(OC[C@@]34CCCN3C[C@H](F)C4)nc3c(F)c-2ncc13. The van der Waals surface area contributed by atoms with Gasteiger partial charge in [-0.1, -0.05) is 31.7 Å². The van der Waals surface area contributed by atoms with Gasteiger partial charge in [0, 0.05) is 37.8 Å². The Bertz CT molecular complexity index is 1820.